The highest BCUT2D eigenvalue weighted by molar-refractivity contribution is 5.33. The van der Waals surface area contributed by atoms with Gasteiger partial charge < -0.3 is 14.9 Å². The third-order valence-corrected chi connectivity index (χ3v) is 3.79. The number of aliphatic hydroxyl groups excluding tert-OH is 1. The van der Waals surface area contributed by atoms with Crippen molar-refractivity contribution in [2.75, 3.05) is 32.1 Å². The van der Waals surface area contributed by atoms with Gasteiger partial charge in [-0.05, 0) is 39.9 Å². The zero-order chi connectivity index (χ0) is 13.1. The van der Waals surface area contributed by atoms with Crippen LogP contribution in [-0.2, 0) is 6.61 Å². The Morgan fingerprint density at radius 1 is 1.44 bits per heavy atom. The molecule has 0 atom stereocenters. The highest BCUT2D eigenvalue weighted by Gasteiger charge is 2.22. The zero-order valence-electron chi connectivity index (χ0n) is 11.4. The van der Waals surface area contributed by atoms with Gasteiger partial charge in [-0.3, -0.25) is 0 Å². The van der Waals surface area contributed by atoms with Crippen LogP contribution in [0.3, 0.4) is 0 Å². The van der Waals surface area contributed by atoms with Crippen molar-refractivity contribution in [3.8, 4) is 0 Å². The van der Waals surface area contributed by atoms with Gasteiger partial charge in [-0.25, -0.2) is 9.97 Å². The molecule has 0 radical (unpaired) electrons. The molecule has 0 spiro atoms. The molecular formula is C13H22N4O. The van der Waals surface area contributed by atoms with E-state index in [1.807, 2.05) is 6.92 Å². The fraction of sp³-hybridized carbons (Fsp3) is 0.692. The van der Waals surface area contributed by atoms with E-state index < -0.39 is 0 Å². The molecule has 0 bridgehead atoms. The molecule has 2 rings (SSSR count). The van der Waals surface area contributed by atoms with Crippen molar-refractivity contribution < 1.29 is 5.11 Å². The lowest BCUT2D eigenvalue weighted by Gasteiger charge is -2.35. The van der Waals surface area contributed by atoms with Crippen LogP contribution in [0.4, 0.5) is 5.95 Å². The lowest BCUT2D eigenvalue weighted by atomic mass is 10.0. The second kappa shape index (κ2) is 5.63. The first-order valence-corrected chi connectivity index (χ1v) is 6.46. The first-order chi connectivity index (χ1) is 8.61. The van der Waals surface area contributed by atoms with Crippen LogP contribution < -0.4 is 4.90 Å². The molecule has 1 aromatic rings. The van der Waals surface area contributed by atoms with Gasteiger partial charge in [0.1, 0.15) is 0 Å². The summed E-state index contributed by atoms with van der Waals surface area (Å²) < 4.78 is 0. The Hall–Kier alpha value is -1.20. The summed E-state index contributed by atoms with van der Waals surface area (Å²) in [6, 6.07) is 0.514. The molecule has 100 valence electrons. The first-order valence-electron chi connectivity index (χ1n) is 6.46. The molecule has 1 fully saturated rings. The van der Waals surface area contributed by atoms with Crippen LogP contribution in [0.15, 0.2) is 6.20 Å². The van der Waals surface area contributed by atoms with Gasteiger partial charge in [-0.2, -0.15) is 0 Å². The Balaban J connectivity index is 2.08. The molecule has 18 heavy (non-hydrogen) atoms. The van der Waals surface area contributed by atoms with Gasteiger partial charge in [0, 0.05) is 30.5 Å². The van der Waals surface area contributed by atoms with E-state index in [0.717, 1.165) is 43.1 Å². The summed E-state index contributed by atoms with van der Waals surface area (Å²) in [6.45, 7) is 4.18. The standard InChI is InChI=1S/C13H22N4O/c1-10-11(9-18)8-14-13(15-10)17(3)12-4-6-16(2)7-5-12/h8,12,18H,4-7,9H2,1-3H3. The molecule has 2 heterocycles. The highest BCUT2D eigenvalue weighted by atomic mass is 16.3. The Labute approximate surface area is 108 Å². The molecule has 5 heteroatoms. The molecule has 0 aromatic carbocycles. The van der Waals surface area contributed by atoms with Gasteiger partial charge in [0.25, 0.3) is 0 Å². The summed E-state index contributed by atoms with van der Waals surface area (Å²) in [7, 11) is 4.22. The summed E-state index contributed by atoms with van der Waals surface area (Å²) in [5.41, 5.74) is 1.66. The number of rotatable bonds is 3. The van der Waals surface area contributed by atoms with Crippen molar-refractivity contribution in [1.82, 2.24) is 14.9 Å². The van der Waals surface area contributed by atoms with Gasteiger partial charge in [0.15, 0.2) is 0 Å². The van der Waals surface area contributed by atoms with E-state index in [1.165, 1.54) is 0 Å². The van der Waals surface area contributed by atoms with Crippen LogP contribution >= 0.6 is 0 Å². The number of anilines is 1. The third kappa shape index (κ3) is 2.79. The SMILES string of the molecule is Cc1nc(N(C)C2CCN(C)CC2)ncc1CO. The number of piperidine rings is 1. The van der Waals surface area contributed by atoms with Gasteiger partial charge in [0.2, 0.25) is 5.95 Å². The minimum absolute atomic E-state index is 0.00402. The van der Waals surface area contributed by atoms with E-state index in [4.69, 9.17) is 5.11 Å². The van der Waals surface area contributed by atoms with Crippen LogP contribution in [-0.4, -0.2) is 53.2 Å². The van der Waals surface area contributed by atoms with Crippen LogP contribution in [0, 0.1) is 6.92 Å². The van der Waals surface area contributed by atoms with E-state index in [2.05, 4.69) is 33.9 Å². The van der Waals surface area contributed by atoms with Crippen molar-refractivity contribution in [2.45, 2.75) is 32.4 Å². The predicted molar refractivity (Wildman–Crippen MR) is 71.6 cm³/mol. The Bertz CT molecular complexity index is 402. The smallest absolute Gasteiger partial charge is 0.225 e. The van der Waals surface area contributed by atoms with Gasteiger partial charge in [-0.1, -0.05) is 0 Å². The Morgan fingerprint density at radius 3 is 2.67 bits per heavy atom. The molecule has 1 N–H and O–H groups in total. The fourth-order valence-electron chi connectivity index (χ4n) is 2.35. The molecule has 5 nitrogen and oxygen atoms in total. The van der Waals surface area contributed by atoms with E-state index >= 15 is 0 Å². The van der Waals surface area contributed by atoms with E-state index in [1.54, 1.807) is 6.20 Å². The average molecular weight is 250 g/mol. The van der Waals surface area contributed by atoms with Gasteiger partial charge >= 0.3 is 0 Å². The van der Waals surface area contributed by atoms with Crippen molar-refractivity contribution in [3.63, 3.8) is 0 Å². The Morgan fingerprint density at radius 2 is 2.11 bits per heavy atom. The number of hydrogen-bond acceptors (Lipinski definition) is 5. The van der Waals surface area contributed by atoms with E-state index in [9.17, 15) is 0 Å². The highest BCUT2D eigenvalue weighted by Crippen LogP contribution is 2.19. The van der Waals surface area contributed by atoms with Gasteiger partial charge in [-0.15, -0.1) is 0 Å². The molecule has 1 aliphatic rings. The van der Waals surface area contributed by atoms with Crippen molar-refractivity contribution in [2.24, 2.45) is 0 Å². The van der Waals surface area contributed by atoms with Crippen molar-refractivity contribution in [1.29, 1.82) is 0 Å². The fourth-order valence-corrected chi connectivity index (χ4v) is 2.35. The molecular weight excluding hydrogens is 228 g/mol. The number of nitrogens with zero attached hydrogens (tertiary/aromatic N) is 4. The molecule has 1 aliphatic heterocycles. The van der Waals surface area contributed by atoms with Crippen LogP contribution in [0.5, 0.6) is 0 Å². The molecule has 0 unspecified atom stereocenters. The quantitative estimate of drug-likeness (QED) is 0.860. The molecule has 1 aromatic heterocycles. The zero-order valence-corrected chi connectivity index (χ0v) is 11.4. The normalized spacial score (nSPS) is 18.0. The van der Waals surface area contributed by atoms with Gasteiger partial charge in [0.05, 0.1) is 6.61 Å². The van der Waals surface area contributed by atoms with Crippen LogP contribution in [0.1, 0.15) is 24.1 Å². The maximum Gasteiger partial charge on any atom is 0.225 e. The lowest BCUT2D eigenvalue weighted by Crippen LogP contribution is -2.42. The van der Waals surface area contributed by atoms with Crippen molar-refractivity contribution >= 4 is 5.95 Å². The number of aromatic nitrogens is 2. The second-order valence-electron chi connectivity index (χ2n) is 5.08. The minimum atomic E-state index is 0.00402. The summed E-state index contributed by atoms with van der Waals surface area (Å²) in [6.07, 6.45) is 4.03. The maximum atomic E-state index is 9.13. The summed E-state index contributed by atoms with van der Waals surface area (Å²) >= 11 is 0. The monoisotopic (exact) mass is 250 g/mol. The first kappa shape index (κ1) is 13.2. The predicted octanol–water partition coefficient (Wildman–Crippen LogP) is 0.808. The molecule has 0 amide bonds. The van der Waals surface area contributed by atoms with Crippen molar-refractivity contribution in [3.05, 3.63) is 17.5 Å². The second-order valence-corrected chi connectivity index (χ2v) is 5.08. The van der Waals surface area contributed by atoms with Crippen LogP contribution in [0.2, 0.25) is 0 Å². The Kier molecular flexibility index (Phi) is 4.14. The van der Waals surface area contributed by atoms with Crippen LogP contribution in [0.25, 0.3) is 0 Å². The minimum Gasteiger partial charge on any atom is -0.392 e. The van der Waals surface area contributed by atoms with E-state index in [-0.39, 0.29) is 6.61 Å². The topological polar surface area (TPSA) is 52.5 Å². The summed E-state index contributed by atoms with van der Waals surface area (Å²) in [5, 5.41) is 9.13. The molecule has 0 aliphatic carbocycles. The summed E-state index contributed by atoms with van der Waals surface area (Å²) in [5.74, 6) is 0.763. The molecule has 0 saturated carbocycles. The lowest BCUT2D eigenvalue weighted by molar-refractivity contribution is 0.252. The summed E-state index contributed by atoms with van der Waals surface area (Å²) in [4.78, 5) is 13.3. The number of aryl methyl sites for hydroxylation is 1. The molecule has 1 saturated heterocycles. The number of hydrogen-bond donors (Lipinski definition) is 1. The number of likely N-dealkylation sites (tertiary alicyclic amines) is 1. The number of aliphatic hydroxyl groups is 1. The largest absolute Gasteiger partial charge is 0.392 e. The van der Waals surface area contributed by atoms with E-state index in [0.29, 0.717) is 6.04 Å². The third-order valence-electron chi connectivity index (χ3n) is 3.79. The average Bonchev–Trinajstić information content (AvgIpc) is 2.38. The maximum absolute atomic E-state index is 9.13.